The van der Waals surface area contributed by atoms with Gasteiger partial charge in [0.1, 0.15) is 6.54 Å². The smallest absolute Gasteiger partial charge is 0.244 e. The minimum atomic E-state index is -0.314. The number of hydrogen-bond acceptors (Lipinski definition) is 2. The van der Waals surface area contributed by atoms with Crippen molar-refractivity contribution in [2.75, 3.05) is 11.9 Å². The lowest BCUT2D eigenvalue weighted by atomic mass is 10.1. The van der Waals surface area contributed by atoms with Crippen LogP contribution in [0, 0.1) is 0 Å². The van der Waals surface area contributed by atoms with Crippen molar-refractivity contribution < 1.29 is 9.59 Å². The van der Waals surface area contributed by atoms with E-state index in [0.29, 0.717) is 15.7 Å². The summed E-state index contributed by atoms with van der Waals surface area (Å²) in [6.45, 7) is 3.28. The molecule has 0 aromatic heterocycles. The van der Waals surface area contributed by atoms with E-state index in [1.807, 2.05) is 37.3 Å². The van der Waals surface area contributed by atoms with Crippen molar-refractivity contribution >= 4 is 40.7 Å². The van der Waals surface area contributed by atoms with Crippen molar-refractivity contribution in [2.24, 2.45) is 0 Å². The quantitative estimate of drug-likeness (QED) is 0.846. The standard InChI is InChI=1S/C18H18Cl2N2O2/c1-12(14-6-4-3-5-7-14)22(13(2)23)11-18(24)21-17-9-15(19)8-16(20)10-17/h3-10,12H,11H2,1-2H3,(H,21,24). The molecule has 0 aliphatic carbocycles. The topological polar surface area (TPSA) is 49.4 Å². The summed E-state index contributed by atoms with van der Waals surface area (Å²) >= 11 is 11.8. The Hall–Kier alpha value is -2.04. The Morgan fingerprint density at radius 1 is 1.08 bits per heavy atom. The molecule has 0 saturated heterocycles. The molecule has 2 rings (SSSR count). The van der Waals surface area contributed by atoms with Gasteiger partial charge in [-0.1, -0.05) is 53.5 Å². The molecule has 0 fully saturated rings. The first-order valence-electron chi connectivity index (χ1n) is 7.45. The molecule has 24 heavy (non-hydrogen) atoms. The highest BCUT2D eigenvalue weighted by Crippen LogP contribution is 2.23. The van der Waals surface area contributed by atoms with Crippen molar-refractivity contribution in [3.8, 4) is 0 Å². The maximum Gasteiger partial charge on any atom is 0.244 e. The van der Waals surface area contributed by atoms with Crippen LogP contribution >= 0.6 is 23.2 Å². The Bertz CT molecular complexity index is 715. The summed E-state index contributed by atoms with van der Waals surface area (Å²) in [5.74, 6) is -0.489. The van der Waals surface area contributed by atoms with Gasteiger partial charge in [-0.05, 0) is 30.7 Å². The van der Waals surface area contributed by atoms with Crippen LogP contribution in [-0.2, 0) is 9.59 Å². The van der Waals surface area contributed by atoms with E-state index in [2.05, 4.69) is 5.32 Å². The van der Waals surface area contributed by atoms with Gasteiger partial charge in [0.15, 0.2) is 0 Å². The van der Waals surface area contributed by atoms with E-state index in [0.717, 1.165) is 5.56 Å². The molecule has 1 N–H and O–H groups in total. The second kappa shape index (κ2) is 8.18. The van der Waals surface area contributed by atoms with E-state index in [9.17, 15) is 9.59 Å². The molecular formula is C18H18Cl2N2O2. The summed E-state index contributed by atoms with van der Waals surface area (Å²) in [5, 5.41) is 3.57. The number of hydrogen-bond donors (Lipinski definition) is 1. The van der Waals surface area contributed by atoms with E-state index >= 15 is 0 Å². The highest BCUT2D eigenvalue weighted by atomic mass is 35.5. The molecule has 1 atom stereocenters. The number of carbonyl (C=O) groups is 2. The molecule has 2 aromatic carbocycles. The van der Waals surface area contributed by atoms with Crippen LogP contribution in [0.5, 0.6) is 0 Å². The van der Waals surface area contributed by atoms with Crippen molar-refractivity contribution in [1.29, 1.82) is 0 Å². The summed E-state index contributed by atoms with van der Waals surface area (Å²) in [6.07, 6.45) is 0. The third-order valence-electron chi connectivity index (χ3n) is 3.61. The van der Waals surface area contributed by atoms with Crippen LogP contribution in [0.1, 0.15) is 25.5 Å². The van der Waals surface area contributed by atoms with Crippen LogP contribution in [-0.4, -0.2) is 23.3 Å². The monoisotopic (exact) mass is 364 g/mol. The third-order valence-corrected chi connectivity index (χ3v) is 4.05. The summed E-state index contributed by atoms with van der Waals surface area (Å²) < 4.78 is 0. The lowest BCUT2D eigenvalue weighted by Gasteiger charge is -2.28. The SMILES string of the molecule is CC(=O)N(CC(=O)Nc1cc(Cl)cc(Cl)c1)C(C)c1ccccc1. The van der Waals surface area contributed by atoms with E-state index in [4.69, 9.17) is 23.2 Å². The van der Waals surface area contributed by atoms with Crippen LogP contribution in [0.2, 0.25) is 10.0 Å². The van der Waals surface area contributed by atoms with E-state index in [1.165, 1.54) is 11.8 Å². The minimum Gasteiger partial charge on any atom is -0.327 e. The van der Waals surface area contributed by atoms with Gasteiger partial charge in [0, 0.05) is 22.7 Å². The Kier molecular flexibility index (Phi) is 6.23. The molecule has 6 heteroatoms. The molecule has 2 amide bonds. The van der Waals surface area contributed by atoms with Crippen LogP contribution < -0.4 is 5.32 Å². The number of anilines is 1. The molecule has 0 aliphatic heterocycles. The number of benzene rings is 2. The average Bonchev–Trinajstić information content (AvgIpc) is 2.51. The van der Waals surface area contributed by atoms with E-state index in [1.54, 1.807) is 18.2 Å². The van der Waals surface area contributed by atoms with Gasteiger partial charge < -0.3 is 10.2 Å². The number of nitrogens with zero attached hydrogens (tertiary/aromatic N) is 1. The average molecular weight is 365 g/mol. The fraction of sp³-hybridized carbons (Fsp3) is 0.222. The summed E-state index contributed by atoms with van der Waals surface area (Å²) in [5.41, 5.74) is 1.46. The predicted octanol–water partition coefficient (Wildman–Crippen LogP) is 4.54. The number of rotatable bonds is 5. The highest BCUT2D eigenvalue weighted by Gasteiger charge is 2.21. The summed E-state index contributed by atoms with van der Waals surface area (Å²) in [4.78, 5) is 25.8. The second-order valence-electron chi connectivity index (χ2n) is 5.44. The van der Waals surface area contributed by atoms with Crippen LogP contribution in [0.25, 0.3) is 0 Å². The van der Waals surface area contributed by atoms with Crippen molar-refractivity contribution in [1.82, 2.24) is 4.90 Å². The maximum atomic E-state index is 12.3. The van der Waals surface area contributed by atoms with Crippen LogP contribution in [0.4, 0.5) is 5.69 Å². The van der Waals surface area contributed by atoms with Crippen LogP contribution in [0.3, 0.4) is 0 Å². The third kappa shape index (κ3) is 4.98. The van der Waals surface area contributed by atoms with Gasteiger partial charge in [0.05, 0.1) is 6.04 Å². The molecule has 0 saturated carbocycles. The Morgan fingerprint density at radius 2 is 1.67 bits per heavy atom. The van der Waals surface area contributed by atoms with Gasteiger partial charge in [-0.15, -0.1) is 0 Å². The van der Waals surface area contributed by atoms with E-state index in [-0.39, 0.29) is 24.4 Å². The normalized spacial score (nSPS) is 11.7. The first-order valence-corrected chi connectivity index (χ1v) is 8.20. The number of halogens is 2. The lowest BCUT2D eigenvalue weighted by Crippen LogP contribution is -2.38. The Morgan fingerprint density at radius 3 is 2.21 bits per heavy atom. The zero-order valence-corrected chi connectivity index (χ0v) is 14.9. The Labute approximate surface area is 151 Å². The highest BCUT2D eigenvalue weighted by molar-refractivity contribution is 6.35. The predicted molar refractivity (Wildman–Crippen MR) is 97.3 cm³/mol. The molecule has 0 spiro atoms. The molecule has 4 nitrogen and oxygen atoms in total. The lowest BCUT2D eigenvalue weighted by molar-refractivity contribution is -0.134. The Balaban J connectivity index is 2.10. The largest absolute Gasteiger partial charge is 0.327 e. The van der Waals surface area contributed by atoms with Crippen LogP contribution in [0.15, 0.2) is 48.5 Å². The van der Waals surface area contributed by atoms with Gasteiger partial charge in [0.2, 0.25) is 11.8 Å². The van der Waals surface area contributed by atoms with Gasteiger partial charge in [0.25, 0.3) is 0 Å². The molecule has 126 valence electrons. The minimum absolute atomic E-state index is 0.0600. The molecule has 0 aliphatic rings. The number of nitrogens with one attached hydrogen (secondary N) is 1. The maximum absolute atomic E-state index is 12.3. The second-order valence-corrected chi connectivity index (χ2v) is 6.31. The van der Waals surface area contributed by atoms with Gasteiger partial charge in [-0.3, -0.25) is 9.59 Å². The van der Waals surface area contributed by atoms with E-state index < -0.39 is 0 Å². The first kappa shape index (κ1) is 18.3. The number of carbonyl (C=O) groups excluding carboxylic acids is 2. The molecule has 2 aromatic rings. The molecule has 0 radical (unpaired) electrons. The number of amides is 2. The first-order chi connectivity index (χ1) is 11.4. The van der Waals surface area contributed by atoms with Gasteiger partial charge in [-0.2, -0.15) is 0 Å². The van der Waals surface area contributed by atoms with Crippen molar-refractivity contribution in [3.05, 3.63) is 64.1 Å². The van der Waals surface area contributed by atoms with Crippen molar-refractivity contribution in [2.45, 2.75) is 19.9 Å². The zero-order valence-electron chi connectivity index (χ0n) is 13.4. The summed E-state index contributed by atoms with van der Waals surface area (Å²) in [6, 6.07) is 14.1. The summed E-state index contributed by atoms with van der Waals surface area (Å²) in [7, 11) is 0. The molecule has 0 bridgehead atoms. The molecule has 1 unspecified atom stereocenters. The van der Waals surface area contributed by atoms with Gasteiger partial charge >= 0.3 is 0 Å². The van der Waals surface area contributed by atoms with Gasteiger partial charge in [-0.25, -0.2) is 0 Å². The zero-order chi connectivity index (χ0) is 17.7. The molecular weight excluding hydrogens is 347 g/mol. The molecule has 0 heterocycles. The van der Waals surface area contributed by atoms with Crippen molar-refractivity contribution in [3.63, 3.8) is 0 Å². The fourth-order valence-electron chi connectivity index (χ4n) is 2.41. The fourth-order valence-corrected chi connectivity index (χ4v) is 2.94.